The van der Waals surface area contributed by atoms with E-state index in [4.69, 9.17) is 16.7 Å². The van der Waals surface area contributed by atoms with Crippen LogP contribution < -0.4 is 5.11 Å². The average Bonchev–Trinajstić information content (AvgIpc) is 2.57. The van der Waals surface area contributed by atoms with Crippen molar-refractivity contribution in [3.63, 3.8) is 0 Å². The molecule has 0 saturated carbocycles. The molecule has 0 aromatic rings. The number of rotatable bonds is 18. The molecule has 0 spiro atoms. The van der Waals surface area contributed by atoms with Crippen LogP contribution in [0.5, 0.6) is 0 Å². The van der Waals surface area contributed by atoms with Gasteiger partial charge in [0, 0.05) is 18.8 Å². The predicted octanol–water partition coefficient (Wildman–Crippen LogP) is 4.43. The van der Waals surface area contributed by atoms with Crippen LogP contribution in [0.1, 0.15) is 103 Å². The maximum absolute atomic E-state index is 10.5. The molecule has 0 aliphatic heterocycles. The van der Waals surface area contributed by atoms with Crippen LogP contribution in [0.4, 0.5) is 0 Å². The number of carbonyl (C=O) groups is 2. The Balaban J connectivity index is 0. The Morgan fingerprint density at radius 1 is 0.828 bits per heavy atom. The Bertz CT molecular complexity index is 397. The average molecular weight is 436 g/mol. The zero-order chi connectivity index (χ0) is 22.5. The van der Waals surface area contributed by atoms with Gasteiger partial charge >= 0.3 is 0 Å². The quantitative estimate of drug-likeness (QED) is 0.196. The fourth-order valence-electron chi connectivity index (χ4n) is 3.17. The van der Waals surface area contributed by atoms with E-state index in [2.05, 4.69) is 6.92 Å². The van der Waals surface area contributed by atoms with Crippen LogP contribution in [0.25, 0.3) is 0 Å². The maximum atomic E-state index is 10.5. The zero-order valence-corrected chi connectivity index (χ0v) is 20.1. The molecule has 0 rings (SSSR count). The second-order valence-corrected chi connectivity index (χ2v) is 9.47. The number of carboxylic acid groups (broad SMARTS) is 1. The molecule has 0 radical (unpaired) electrons. The van der Waals surface area contributed by atoms with Gasteiger partial charge in [0.25, 0.3) is 0 Å². The van der Waals surface area contributed by atoms with E-state index in [0.29, 0.717) is 17.4 Å². The molecule has 0 saturated heterocycles. The summed E-state index contributed by atoms with van der Waals surface area (Å²) in [5, 5.41) is 19.0. The topological polar surface area (TPSA) is 77.4 Å². The molecule has 0 aromatic heterocycles. The highest BCUT2D eigenvalue weighted by Crippen LogP contribution is 2.13. The third kappa shape index (κ3) is 32.2. The van der Waals surface area contributed by atoms with Gasteiger partial charge in [-0.3, -0.25) is 4.79 Å². The summed E-state index contributed by atoms with van der Waals surface area (Å²) in [4.78, 5) is 20.5. The highest BCUT2D eigenvalue weighted by atomic mass is 35.5. The Hall–Kier alpha value is -0.650. The first-order valence-corrected chi connectivity index (χ1v) is 11.8. The molecule has 0 aliphatic rings. The molecular weight excluding hydrogens is 390 g/mol. The lowest BCUT2D eigenvalue weighted by atomic mass is 10.0. The number of hydrogen-bond donors (Lipinski definition) is 1. The van der Waals surface area contributed by atoms with Crippen molar-refractivity contribution in [2.45, 2.75) is 109 Å². The molecule has 5 nitrogen and oxygen atoms in total. The highest BCUT2D eigenvalue weighted by molar-refractivity contribution is 6.63. The van der Waals surface area contributed by atoms with E-state index in [-0.39, 0.29) is 11.7 Å². The Morgan fingerprint density at radius 3 is 1.52 bits per heavy atom. The number of aliphatic hydroxyl groups is 1. The molecular formula is C23H46ClNO4. The monoisotopic (exact) mass is 435 g/mol. The minimum atomic E-state index is -1.20. The van der Waals surface area contributed by atoms with Crippen molar-refractivity contribution in [2.24, 2.45) is 0 Å². The molecule has 0 aromatic carbocycles. The number of carbonyl (C=O) groups excluding carboxylic acids is 2. The SMILES string of the molecule is CCCCCCCCCCCCCCCC(=O)Cl.C[N+](C)(C)CC(O)CC(=O)[O-]. The van der Waals surface area contributed by atoms with Crippen LogP contribution in [-0.4, -0.2) is 54.6 Å². The number of carboxylic acids is 1. The van der Waals surface area contributed by atoms with Gasteiger partial charge in [0.1, 0.15) is 12.6 Å². The number of likely N-dealkylation sites (N-methyl/N-ethyl adjacent to an activating group) is 1. The molecule has 0 bridgehead atoms. The van der Waals surface area contributed by atoms with Gasteiger partial charge in [0.2, 0.25) is 5.24 Å². The molecule has 0 fully saturated rings. The van der Waals surface area contributed by atoms with Gasteiger partial charge in [-0.15, -0.1) is 0 Å². The van der Waals surface area contributed by atoms with Gasteiger partial charge in [-0.25, -0.2) is 0 Å². The Labute approximate surface area is 184 Å². The zero-order valence-electron chi connectivity index (χ0n) is 19.4. The van der Waals surface area contributed by atoms with E-state index >= 15 is 0 Å². The lowest BCUT2D eigenvalue weighted by Gasteiger charge is -2.26. The highest BCUT2D eigenvalue weighted by Gasteiger charge is 2.14. The Kier molecular flexibility index (Phi) is 21.7. The van der Waals surface area contributed by atoms with Gasteiger partial charge in [-0.2, -0.15) is 0 Å². The third-order valence-corrected chi connectivity index (χ3v) is 4.83. The molecule has 0 heterocycles. The first-order valence-electron chi connectivity index (χ1n) is 11.4. The van der Waals surface area contributed by atoms with E-state index in [1.807, 2.05) is 21.1 Å². The van der Waals surface area contributed by atoms with E-state index in [1.54, 1.807) is 0 Å². The van der Waals surface area contributed by atoms with Crippen LogP contribution in [0.3, 0.4) is 0 Å². The minimum absolute atomic E-state index is 0.182. The summed E-state index contributed by atoms with van der Waals surface area (Å²) in [5.41, 5.74) is 0. The number of hydrogen-bond acceptors (Lipinski definition) is 4. The predicted molar refractivity (Wildman–Crippen MR) is 120 cm³/mol. The van der Waals surface area contributed by atoms with E-state index in [0.717, 1.165) is 12.8 Å². The molecule has 29 heavy (non-hydrogen) atoms. The van der Waals surface area contributed by atoms with Gasteiger partial charge < -0.3 is 19.5 Å². The van der Waals surface area contributed by atoms with Crippen molar-refractivity contribution in [3.05, 3.63) is 0 Å². The lowest BCUT2D eigenvalue weighted by Crippen LogP contribution is -2.43. The van der Waals surface area contributed by atoms with Gasteiger partial charge in [0.15, 0.2) is 0 Å². The number of nitrogens with zero attached hydrogens (tertiary/aromatic N) is 1. The molecule has 0 aliphatic carbocycles. The third-order valence-electron chi connectivity index (χ3n) is 4.64. The van der Waals surface area contributed by atoms with Crippen molar-refractivity contribution >= 4 is 22.8 Å². The fraction of sp³-hybridized carbons (Fsp3) is 0.913. The van der Waals surface area contributed by atoms with Gasteiger partial charge in [0.05, 0.1) is 21.1 Å². The summed E-state index contributed by atoms with van der Waals surface area (Å²) in [6, 6.07) is 0. The number of halogens is 1. The Morgan fingerprint density at radius 2 is 1.21 bits per heavy atom. The molecule has 1 N–H and O–H groups in total. The number of quaternary nitrogens is 1. The first kappa shape index (κ1) is 30.5. The van der Waals surface area contributed by atoms with E-state index < -0.39 is 12.1 Å². The van der Waals surface area contributed by atoms with E-state index in [9.17, 15) is 14.7 Å². The molecule has 6 heteroatoms. The standard InChI is InChI=1S/C16H31ClO.C7H15NO3/c1-2-3-4-5-6-7-8-9-10-11-12-13-14-15-16(17)18;1-8(2,3)5-6(9)4-7(10)11/h2-15H2,1H3;6,9H,4-5H2,1-3H3. The second-order valence-electron chi connectivity index (χ2n) is 9.05. The second kappa shape index (κ2) is 20.6. The minimum Gasteiger partial charge on any atom is -0.550 e. The number of aliphatic hydroxyl groups excluding tert-OH is 1. The molecule has 0 amide bonds. The largest absolute Gasteiger partial charge is 0.550 e. The summed E-state index contributed by atoms with van der Waals surface area (Å²) in [5.74, 6) is -1.20. The van der Waals surface area contributed by atoms with Crippen molar-refractivity contribution in [3.8, 4) is 0 Å². The van der Waals surface area contributed by atoms with Crippen molar-refractivity contribution in [2.75, 3.05) is 27.7 Å². The van der Waals surface area contributed by atoms with E-state index in [1.165, 1.54) is 70.6 Å². The molecule has 174 valence electrons. The van der Waals surface area contributed by atoms with Crippen molar-refractivity contribution in [1.29, 1.82) is 0 Å². The van der Waals surface area contributed by atoms with Crippen molar-refractivity contribution < 1.29 is 24.3 Å². The summed E-state index contributed by atoms with van der Waals surface area (Å²) >= 11 is 5.28. The fourth-order valence-corrected chi connectivity index (χ4v) is 3.30. The van der Waals surface area contributed by atoms with Crippen LogP contribution >= 0.6 is 11.6 Å². The summed E-state index contributed by atoms with van der Waals surface area (Å²) < 4.78 is 0.550. The number of aliphatic carboxylic acids is 1. The maximum Gasteiger partial charge on any atom is 0.221 e. The molecule has 1 atom stereocenters. The van der Waals surface area contributed by atoms with Crippen molar-refractivity contribution in [1.82, 2.24) is 0 Å². The van der Waals surface area contributed by atoms with Crippen LogP contribution in [0.15, 0.2) is 0 Å². The van der Waals surface area contributed by atoms with Crippen LogP contribution in [-0.2, 0) is 9.59 Å². The van der Waals surface area contributed by atoms with Gasteiger partial charge in [-0.1, -0.05) is 84.0 Å². The van der Waals surface area contributed by atoms with Crippen LogP contribution in [0.2, 0.25) is 0 Å². The summed E-state index contributed by atoms with van der Waals surface area (Å²) in [6.07, 6.45) is 16.8. The summed E-state index contributed by atoms with van der Waals surface area (Å²) in [6.45, 7) is 2.69. The normalized spacial score (nSPS) is 12.2. The lowest BCUT2D eigenvalue weighted by molar-refractivity contribution is -0.873. The first-order chi connectivity index (χ1) is 13.6. The molecule has 1 unspecified atom stereocenters. The summed E-state index contributed by atoms with van der Waals surface area (Å²) in [7, 11) is 5.66. The smallest absolute Gasteiger partial charge is 0.221 e. The van der Waals surface area contributed by atoms with Crippen LogP contribution in [0, 0.1) is 0 Å². The van der Waals surface area contributed by atoms with Gasteiger partial charge in [-0.05, 0) is 18.0 Å². The number of unbranched alkanes of at least 4 members (excludes halogenated alkanes) is 12.